The van der Waals surface area contributed by atoms with Crippen LogP contribution in [0.25, 0.3) is 0 Å². The van der Waals surface area contributed by atoms with E-state index in [2.05, 4.69) is 6.92 Å². The summed E-state index contributed by atoms with van der Waals surface area (Å²) in [5, 5.41) is 0.714. The Morgan fingerprint density at radius 1 is 0.821 bits per heavy atom. The Kier molecular flexibility index (Phi) is 11.6. The molecule has 28 heavy (non-hydrogen) atoms. The fourth-order valence-electron chi connectivity index (χ4n) is 3.07. The van der Waals surface area contributed by atoms with Gasteiger partial charge in [-0.15, -0.1) is 0 Å². The van der Waals surface area contributed by atoms with E-state index in [1.54, 1.807) is 19.9 Å². The molecule has 0 heterocycles. The summed E-state index contributed by atoms with van der Waals surface area (Å²) in [6, 6.07) is 4.53. The van der Waals surface area contributed by atoms with Gasteiger partial charge in [0.25, 0.3) is 0 Å². The average molecular weight is 431 g/mol. The highest BCUT2D eigenvalue weighted by Crippen LogP contribution is 2.32. The summed E-state index contributed by atoms with van der Waals surface area (Å²) >= 11 is 11.9. The number of unbranched alkanes of at least 4 members (excludes halogenated alkanes) is 6. The van der Waals surface area contributed by atoms with Crippen molar-refractivity contribution in [3.63, 3.8) is 0 Å². The molecule has 0 radical (unpaired) electrons. The molecule has 1 rings (SSSR count). The molecule has 0 bridgehead atoms. The molecule has 158 valence electrons. The minimum absolute atomic E-state index is 0.216. The number of ether oxygens (including phenoxy) is 2. The Balaban J connectivity index is 2.60. The largest absolute Gasteiger partial charge is 0.465 e. The molecule has 1 aromatic carbocycles. The molecule has 0 saturated carbocycles. The number of esters is 2. The first-order chi connectivity index (χ1) is 13.4. The van der Waals surface area contributed by atoms with Gasteiger partial charge in [-0.25, -0.2) is 0 Å². The molecule has 0 aromatic heterocycles. The molecule has 0 aliphatic rings. The molecule has 0 N–H and O–H groups in total. The Morgan fingerprint density at radius 2 is 1.36 bits per heavy atom. The van der Waals surface area contributed by atoms with Crippen molar-refractivity contribution in [1.29, 1.82) is 0 Å². The van der Waals surface area contributed by atoms with E-state index >= 15 is 0 Å². The van der Waals surface area contributed by atoms with Gasteiger partial charge >= 0.3 is 11.9 Å². The summed E-state index contributed by atoms with van der Waals surface area (Å²) in [6.07, 6.45) is 8.53. The first kappa shape index (κ1) is 24.8. The molecule has 0 aliphatic heterocycles. The smallest absolute Gasteiger partial charge is 0.328 e. The maximum atomic E-state index is 12.8. The van der Waals surface area contributed by atoms with Gasteiger partial charge in [-0.1, -0.05) is 82.5 Å². The van der Waals surface area contributed by atoms with Crippen LogP contribution in [-0.4, -0.2) is 18.5 Å². The second kappa shape index (κ2) is 13.1. The number of benzene rings is 1. The lowest BCUT2D eigenvalue weighted by atomic mass is 9.82. The molecular formula is C22H32Cl2O4. The van der Waals surface area contributed by atoms with Crippen molar-refractivity contribution in [1.82, 2.24) is 0 Å². The number of halogens is 2. The number of carbonyl (C=O) groups excluding carboxylic acids is 2. The van der Waals surface area contributed by atoms with Gasteiger partial charge in [-0.2, -0.15) is 0 Å². The zero-order valence-corrected chi connectivity index (χ0v) is 18.7. The molecule has 1 aromatic rings. The molecule has 0 saturated heterocycles. The Hall–Kier alpha value is -1.26. The highest BCUT2D eigenvalue weighted by molar-refractivity contribution is 6.34. The Morgan fingerprint density at radius 3 is 1.89 bits per heavy atom. The van der Waals surface area contributed by atoms with Gasteiger partial charge in [0.05, 0.1) is 6.61 Å². The lowest BCUT2D eigenvalue weighted by Crippen LogP contribution is -2.42. The van der Waals surface area contributed by atoms with Crippen LogP contribution < -0.4 is 4.74 Å². The number of hydrogen-bond acceptors (Lipinski definition) is 4. The van der Waals surface area contributed by atoms with Crippen LogP contribution in [0.4, 0.5) is 0 Å². The minimum atomic E-state index is -1.32. The van der Waals surface area contributed by atoms with Gasteiger partial charge in [0, 0.05) is 10.0 Å². The zero-order chi connectivity index (χ0) is 21.0. The van der Waals surface area contributed by atoms with E-state index in [0.29, 0.717) is 29.5 Å². The minimum Gasteiger partial charge on any atom is -0.465 e. The molecule has 0 fully saturated rings. The maximum Gasteiger partial charge on any atom is 0.328 e. The summed E-state index contributed by atoms with van der Waals surface area (Å²) in [4.78, 5) is 25.5. The van der Waals surface area contributed by atoms with Crippen LogP contribution in [0.1, 0.15) is 78.6 Å². The Labute approximate surface area is 178 Å². The van der Waals surface area contributed by atoms with Gasteiger partial charge in [-0.3, -0.25) is 9.59 Å². The fourth-order valence-corrected chi connectivity index (χ4v) is 3.57. The van der Waals surface area contributed by atoms with Crippen molar-refractivity contribution < 1.29 is 19.1 Å². The molecule has 4 nitrogen and oxygen atoms in total. The SMILES string of the molecule is CCCCCCCCCOC(=O)C(CC)(CC)C(=O)Oc1cc(Cl)cc(Cl)c1. The van der Waals surface area contributed by atoms with Crippen molar-refractivity contribution in [3.05, 3.63) is 28.2 Å². The molecular weight excluding hydrogens is 399 g/mol. The van der Waals surface area contributed by atoms with Crippen LogP contribution in [0.2, 0.25) is 10.0 Å². The summed E-state index contributed by atoms with van der Waals surface area (Å²) < 4.78 is 10.8. The second-order valence-electron chi connectivity index (χ2n) is 7.04. The lowest BCUT2D eigenvalue weighted by molar-refractivity contribution is -0.168. The van der Waals surface area contributed by atoms with Crippen molar-refractivity contribution in [2.75, 3.05) is 6.61 Å². The summed E-state index contributed by atoms with van der Waals surface area (Å²) in [5.41, 5.74) is -1.32. The average Bonchev–Trinajstić information content (AvgIpc) is 2.64. The number of rotatable bonds is 13. The van der Waals surface area contributed by atoms with Crippen molar-refractivity contribution in [2.24, 2.45) is 5.41 Å². The lowest BCUT2D eigenvalue weighted by Gasteiger charge is -2.26. The van der Waals surface area contributed by atoms with Crippen LogP contribution in [0.3, 0.4) is 0 Å². The first-order valence-electron chi connectivity index (χ1n) is 10.2. The predicted molar refractivity (Wildman–Crippen MR) is 114 cm³/mol. The van der Waals surface area contributed by atoms with Crippen molar-refractivity contribution in [3.8, 4) is 5.75 Å². The third kappa shape index (κ3) is 7.63. The monoisotopic (exact) mass is 430 g/mol. The summed E-state index contributed by atoms with van der Waals surface area (Å²) in [7, 11) is 0. The Bertz CT molecular complexity index is 607. The van der Waals surface area contributed by atoms with Crippen LogP contribution in [0.15, 0.2) is 18.2 Å². The van der Waals surface area contributed by atoms with Crippen molar-refractivity contribution in [2.45, 2.75) is 78.6 Å². The highest BCUT2D eigenvalue weighted by atomic mass is 35.5. The molecule has 0 unspecified atom stereocenters. The van der Waals surface area contributed by atoms with Crippen LogP contribution in [0.5, 0.6) is 5.75 Å². The van der Waals surface area contributed by atoms with Crippen LogP contribution in [-0.2, 0) is 14.3 Å². The van der Waals surface area contributed by atoms with E-state index in [0.717, 1.165) is 19.3 Å². The number of hydrogen-bond donors (Lipinski definition) is 0. The first-order valence-corrected chi connectivity index (χ1v) is 11.0. The summed E-state index contributed by atoms with van der Waals surface area (Å²) in [5.74, 6) is -0.948. The van der Waals surface area contributed by atoms with E-state index in [1.165, 1.54) is 37.8 Å². The van der Waals surface area contributed by atoms with E-state index in [-0.39, 0.29) is 5.75 Å². The third-order valence-electron chi connectivity index (χ3n) is 5.02. The standard InChI is InChI=1S/C22H32Cl2O4/c1-4-7-8-9-10-11-12-13-27-20(25)22(5-2,6-3)21(26)28-19-15-17(23)14-18(24)16-19/h14-16H,4-13H2,1-3H3. The normalized spacial score (nSPS) is 11.3. The van der Waals surface area contributed by atoms with E-state index in [9.17, 15) is 9.59 Å². The van der Waals surface area contributed by atoms with E-state index in [4.69, 9.17) is 32.7 Å². The van der Waals surface area contributed by atoms with Crippen LogP contribution >= 0.6 is 23.2 Å². The van der Waals surface area contributed by atoms with Gasteiger partial charge in [0.15, 0.2) is 5.41 Å². The summed E-state index contributed by atoms with van der Waals surface area (Å²) in [6.45, 7) is 6.08. The van der Waals surface area contributed by atoms with E-state index in [1.807, 2.05) is 0 Å². The van der Waals surface area contributed by atoms with Crippen molar-refractivity contribution >= 4 is 35.1 Å². The quantitative estimate of drug-likeness (QED) is 0.146. The predicted octanol–water partition coefficient (Wildman–Crippen LogP) is 7.00. The third-order valence-corrected chi connectivity index (χ3v) is 5.45. The van der Waals surface area contributed by atoms with E-state index < -0.39 is 17.4 Å². The second-order valence-corrected chi connectivity index (χ2v) is 7.91. The molecule has 0 amide bonds. The van der Waals surface area contributed by atoms with Gasteiger partial charge in [-0.05, 0) is 37.5 Å². The van der Waals surface area contributed by atoms with Gasteiger partial charge in [0.1, 0.15) is 5.75 Å². The highest BCUT2D eigenvalue weighted by Gasteiger charge is 2.46. The van der Waals surface area contributed by atoms with Crippen LogP contribution in [0, 0.1) is 5.41 Å². The maximum absolute atomic E-state index is 12.8. The fraction of sp³-hybridized carbons (Fsp3) is 0.636. The van der Waals surface area contributed by atoms with Gasteiger partial charge < -0.3 is 9.47 Å². The molecule has 0 aliphatic carbocycles. The molecule has 0 spiro atoms. The zero-order valence-electron chi connectivity index (χ0n) is 17.2. The topological polar surface area (TPSA) is 52.6 Å². The number of carbonyl (C=O) groups is 2. The van der Waals surface area contributed by atoms with Gasteiger partial charge in [0.2, 0.25) is 0 Å². The molecule has 6 heteroatoms. The molecule has 0 atom stereocenters.